The third-order valence-electron chi connectivity index (χ3n) is 2.92. The molecule has 0 saturated carbocycles. The molecule has 1 N–H and O–H groups in total. The Hall–Kier alpha value is -1.02. The first-order valence-electron chi connectivity index (χ1n) is 6.10. The van der Waals surface area contributed by atoms with Crippen molar-refractivity contribution in [3.8, 4) is 5.75 Å². The number of nitrogens with one attached hydrogen (secondary N) is 1. The van der Waals surface area contributed by atoms with Gasteiger partial charge in [0.05, 0.1) is 6.61 Å². The molecule has 1 atom stereocenters. The molecular formula is C14H23NO. The third-order valence-corrected chi connectivity index (χ3v) is 2.92. The quantitative estimate of drug-likeness (QED) is 0.797. The van der Waals surface area contributed by atoms with E-state index < -0.39 is 0 Å². The zero-order valence-electron chi connectivity index (χ0n) is 10.8. The van der Waals surface area contributed by atoms with Crippen LogP contribution in [-0.2, 0) is 6.42 Å². The van der Waals surface area contributed by atoms with Gasteiger partial charge in [0.25, 0.3) is 0 Å². The molecule has 1 rings (SSSR count). The highest BCUT2D eigenvalue weighted by Gasteiger charge is 2.06. The van der Waals surface area contributed by atoms with Gasteiger partial charge < -0.3 is 10.1 Å². The van der Waals surface area contributed by atoms with Gasteiger partial charge in [0.1, 0.15) is 5.75 Å². The monoisotopic (exact) mass is 221 g/mol. The van der Waals surface area contributed by atoms with E-state index in [1.807, 2.05) is 14.0 Å². The lowest BCUT2D eigenvalue weighted by atomic mass is 10.0. The molecule has 16 heavy (non-hydrogen) atoms. The minimum atomic E-state index is 0.567. The first-order valence-corrected chi connectivity index (χ1v) is 6.10. The zero-order valence-corrected chi connectivity index (χ0v) is 10.8. The van der Waals surface area contributed by atoms with Crippen molar-refractivity contribution in [2.75, 3.05) is 13.7 Å². The number of benzene rings is 1. The summed E-state index contributed by atoms with van der Waals surface area (Å²) in [4.78, 5) is 0. The van der Waals surface area contributed by atoms with E-state index in [1.165, 1.54) is 11.1 Å². The summed E-state index contributed by atoms with van der Waals surface area (Å²) >= 11 is 0. The minimum absolute atomic E-state index is 0.567. The highest BCUT2D eigenvalue weighted by Crippen LogP contribution is 2.20. The molecule has 0 radical (unpaired) electrons. The van der Waals surface area contributed by atoms with Gasteiger partial charge in [-0.3, -0.25) is 0 Å². The Morgan fingerprint density at radius 2 is 2.06 bits per heavy atom. The fourth-order valence-corrected chi connectivity index (χ4v) is 1.89. The first kappa shape index (κ1) is 13.0. The molecule has 0 spiro atoms. The summed E-state index contributed by atoms with van der Waals surface area (Å²) in [5.74, 6) is 1.00. The maximum absolute atomic E-state index is 5.53. The summed E-state index contributed by atoms with van der Waals surface area (Å²) in [6.07, 6.45) is 2.24. The Bertz CT molecular complexity index is 319. The van der Waals surface area contributed by atoms with Gasteiger partial charge in [-0.1, -0.05) is 19.1 Å². The molecule has 0 aromatic heterocycles. The molecule has 2 nitrogen and oxygen atoms in total. The Balaban J connectivity index is 2.72. The van der Waals surface area contributed by atoms with Crippen LogP contribution in [0.3, 0.4) is 0 Å². The molecule has 0 aliphatic heterocycles. The number of hydrogen-bond acceptors (Lipinski definition) is 2. The standard InChI is InChI=1S/C14H23NO/c1-5-13(15-4)10-12-7-8-14(16-6-2)11(3)9-12/h7-9,13,15H,5-6,10H2,1-4H3. The Morgan fingerprint density at radius 3 is 2.56 bits per heavy atom. The third kappa shape index (κ3) is 3.53. The molecule has 0 aliphatic rings. The van der Waals surface area contributed by atoms with E-state index in [0.717, 1.165) is 25.2 Å². The molecular weight excluding hydrogens is 198 g/mol. The average molecular weight is 221 g/mol. The van der Waals surface area contributed by atoms with Gasteiger partial charge in [0.15, 0.2) is 0 Å². The second-order valence-corrected chi connectivity index (χ2v) is 4.13. The SMILES string of the molecule is CCOc1ccc(CC(CC)NC)cc1C. The van der Waals surface area contributed by atoms with Crippen molar-refractivity contribution in [3.63, 3.8) is 0 Å². The van der Waals surface area contributed by atoms with E-state index in [9.17, 15) is 0 Å². The molecule has 0 bridgehead atoms. The number of aryl methyl sites for hydroxylation is 1. The molecule has 1 aromatic rings. The molecule has 0 heterocycles. The highest BCUT2D eigenvalue weighted by molar-refractivity contribution is 5.36. The van der Waals surface area contributed by atoms with Crippen molar-refractivity contribution in [3.05, 3.63) is 29.3 Å². The lowest BCUT2D eigenvalue weighted by Crippen LogP contribution is -2.26. The van der Waals surface area contributed by atoms with Crippen molar-refractivity contribution in [2.45, 2.75) is 39.7 Å². The van der Waals surface area contributed by atoms with Crippen LogP contribution in [-0.4, -0.2) is 19.7 Å². The lowest BCUT2D eigenvalue weighted by molar-refractivity contribution is 0.337. The van der Waals surface area contributed by atoms with Crippen LogP contribution in [0.4, 0.5) is 0 Å². The van der Waals surface area contributed by atoms with Crippen LogP contribution < -0.4 is 10.1 Å². The smallest absolute Gasteiger partial charge is 0.122 e. The molecule has 1 unspecified atom stereocenters. The molecule has 0 fully saturated rings. The molecule has 0 amide bonds. The van der Waals surface area contributed by atoms with Gasteiger partial charge in [-0.05, 0) is 50.9 Å². The summed E-state index contributed by atoms with van der Waals surface area (Å²) in [5.41, 5.74) is 2.60. The maximum atomic E-state index is 5.53. The molecule has 0 saturated heterocycles. The predicted molar refractivity (Wildman–Crippen MR) is 69.2 cm³/mol. The van der Waals surface area contributed by atoms with Crippen molar-refractivity contribution in [1.82, 2.24) is 5.32 Å². The average Bonchev–Trinajstić information content (AvgIpc) is 2.29. The van der Waals surface area contributed by atoms with Gasteiger partial charge in [-0.2, -0.15) is 0 Å². The van der Waals surface area contributed by atoms with E-state index in [2.05, 4.69) is 37.4 Å². The van der Waals surface area contributed by atoms with E-state index in [1.54, 1.807) is 0 Å². The number of rotatable bonds is 6. The van der Waals surface area contributed by atoms with Gasteiger partial charge in [0, 0.05) is 6.04 Å². The number of hydrogen-bond donors (Lipinski definition) is 1. The van der Waals surface area contributed by atoms with Crippen LogP contribution in [0, 0.1) is 6.92 Å². The van der Waals surface area contributed by atoms with Crippen LogP contribution >= 0.6 is 0 Å². The first-order chi connectivity index (χ1) is 7.71. The van der Waals surface area contributed by atoms with Crippen molar-refractivity contribution >= 4 is 0 Å². The van der Waals surface area contributed by atoms with Gasteiger partial charge in [0.2, 0.25) is 0 Å². The largest absolute Gasteiger partial charge is 0.494 e. The molecule has 90 valence electrons. The summed E-state index contributed by atoms with van der Waals surface area (Å²) in [6.45, 7) is 7.06. The van der Waals surface area contributed by atoms with E-state index in [0.29, 0.717) is 6.04 Å². The second kappa shape index (κ2) is 6.54. The summed E-state index contributed by atoms with van der Waals surface area (Å²) in [6, 6.07) is 7.04. The van der Waals surface area contributed by atoms with E-state index >= 15 is 0 Å². The second-order valence-electron chi connectivity index (χ2n) is 4.13. The van der Waals surface area contributed by atoms with Gasteiger partial charge in [-0.15, -0.1) is 0 Å². The van der Waals surface area contributed by atoms with E-state index in [4.69, 9.17) is 4.74 Å². The van der Waals surface area contributed by atoms with Crippen LogP contribution in [0.15, 0.2) is 18.2 Å². The van der Waals surface area contributed by atoms with Gasteiger partial charge >= 0.3 is 0 Å². The van der Waals surface area contributed by atoms with Crippen LogP contribution in [0.1, 0.15) is 31.4 Å². The summed E-state index contributed by atoms with van der Waals surface area (Å²) in [7, 11) is 2.02. The van der Waals surface area contributed by atoms with Crippen LogP contribution in [0.5, 0.6) is 5.75 Å². The maximum Gasteiger partial charge on any atom is 0.122 e. The van der Waals surface area contributed by atoms with Crippen LogP contribution in [0.2, 0.25) is 0 Å². The predicted octanol–water partition coefficient (Wildman–Crippen LogP) is 2.93. The Morgan fingerprint density at radius 1 is 1.31 bits per heavy atom. The Labute approximate surface area is 99.0 Å². The molecule has 0 aliphatic carbocycles. The lowest BCUT2D eigenvalue weighted by Gasteiger charge is -2.15. The number of likely N-dealkylation sites (N-methyl/N-ethyl adjacent to an activating group) is 1. The molecule has 2 heteroatoms. The summed E-state index contributed by atoms with van der Waals surface area (Å²) < 4.78 is 5.53. The topological polar surface area (TPSA) is 21.3 Å². The van der Waals surface area contributed by atoms with E-state index in [-0.39, 0.29) is 0 Å². The van der Waals surface area contributed by atoms with Crippen LogP contribution in [0.25, 0.3) is 0 Å². The molecule has 1 aromatic carbocycles. The van der Waals surface area contributed by atoms with Crippen molar-refractivity contribution < 1.29 is 4.74 Å². The fraction of sp³-hybridized carbons (Fsp3) is 0.571. The fourth-order valence-electron chi connectivity index (χ4n) is 1.89. The minimum Gasteiger partial charge on any atom is -0.494 e. The summed E-state index contributed by atoms with van der Waals surface area (Å²) in [5, 5.41) is 3.33. The van der Waals surface area contributed by atoms with Gasteiger partial charge in [-0.25, -0.2) is 0 Å². The highest BCUT2D eigenvalue weighted by atomic mass is 16.5. The zero-order chi connectivity index (χ0) is 12.0. The normalized spacial score (nSPS) is 12.5. The Kier molecular flexibility index (Phi) is 5.33. The van der Waals surface area contributed by atoms with Crippen molar-refractivity contribution in [2.24, 2.45) is 0 Å². The van der Waals surface area contributed by atoms with Crippen molar-refractivity contribution in [1.29, 1.82) is 0 Å². The number of ether oxygens (including phenoxy) is 1.